The summed E-state index contributed by atoms with van der Waals surface area (Å²) in [6.45, 7) is 5.19. The van der Waals surface area contributed by atoms with Crippen LogP contribution >= 0.6 is 22.9 Å². The van der Waals surface area contributed by atoms with Crippen LogP contribution in [0.15, 0.2) is 30.3 Å². The van der Waals surface area contributed by atoms with Gasteiger partial charge < -0.3 is 9.64 Å². The summed E-state index contributed by atoms with van der Waals surface area (Å²) in [5.41, 5.74) is 3.37. The largest absolute Gasteiger partial charge is 0.494 e. The molecule has 1 heterocycles. The van der Waals surface area contributed by atoms with E-state index < -0.39 is 0 Å². The van der Waals surface area contributed by atoms with Gasteiger partial charge in [-0.1, -0.05) is 40.6 Å². The second kappa shape index (κ2) is 8.47. The number of hydrogen-bond acceptors (Lipinski definition) is 5. The molecule has 0 aliphatic rings. The number of nitrogens with zero attached hydrogens (tertiary/aromatic N) is 3. The van der Waals surface area contributed by atoms with Gasteiger partial charge in [-0.25, -0.2) is 4.98 Å². The molecule has 2 aromatic carbocycles. The molecular formula is C21H24ClN3O2S. The van der Waals surface area contributed by atoms with Gasteiger partial charge in [0.05, 0.1) is 16.8 Å². The first kappa shape index (κ1) is 20.6. The van der Waals surface area contributed by atoms with Crippen LogP contribution < -0.4 is 9.64 Å². The third-order valence-corrected chi connectivity index (χ3v) is 6.08. The third kappa shape index (κ3) is 4.14. The van der Waals surface area contributed by atoms with E-state index in [4.69, 9.17) is 21.3 Å². The van der Waals surface area contributed by atoms with E-state index in [1.807, 2.05) is 51.0 Å². The van der Waals surface area contributed by atoms with E-state index in [0.29, 0.717) is 33.5 Å². The lowest BCUT2D eigenvalue weighted by molar-refractivity contribution is 0.0984. The molecule has 0 N–H and O–H groups in total. The number of aromatic nitrogens is 1. The quantitative estimate of drug-likeness (QED) is 0.578. The van der Waals surface area contributed by atoms with Gasteiger partial charge in [0.15, 0.2) is 5.13 Å². The van der Waals surface area contributed by atoms with Crippen LogP contribution in [-0.4, -0.2) is 50.1 Å². The summed E-state index contributed by atoms with van der Waals surface area (Å²) >= 11 is 7.79. The van der Waals surface area contributed by atoms with Gasteiger partial charge in [0, 0.05) is 18.7 Å². The van der Waals surface area contributed by atoms with Crippen LogP contribution in [0.25, 0.3) is 10.2 Å². The first-order valence-electron chi connectivity index (χ1n) is 8.98. The Morgan fingerprint density at radius 1 is 1.18 bits per heavy atom. The van der Waals surface area contributed by atoms with Crippen LogP contribution in [0.4, 0.5) is 5.13 Å². The monoisotopic (exact) mass is 417 g/mol. The molecule has 5 nitrogen and oxygen atoms in total. The molecule has 0 aliphatic heterocycles. The minimum absolute atomic E-state index is 0.0582. The zero-order valence-electron chi connectivity index (χ0n) is 16.7. The van der Waals surface area contributed by atoms with E-state index in [-0.39, 0.29) is 5.91 Å². The van der Waals surface area contributed by atoms with Crippen LogP contribution in [0.2, 0.25) is 5.02 Å². The van der Waals surface area contributed by atoms with Crippen molar-refractivity contribution in [2.75, 3.05) is 39.2 Å². The number of hydrogen-bond donors (Lipinski definition) is 0. The highest BCUT2D eigenvalue weighted by atomic mass is 35.5. The molecule has 0 fully saturated rings. The second-order valence-electron chi connectivity index (χ2n) is 7.00. The third-order valence-electron chi connectivity index (χ3n) is 4.54. The number of anilines is 1. The van der Waals surface area contributed by atoms with Gasteiger partial charge in [-0.3, -0.25) is 9.69 Å². The Balaban J connectivity index is 2.10. The van der Waals surface area contributed by atoms with E-state index in [0.717, 1.165) is 22.4 Å². The first-order chi connectivity index (χ1) is 13.3. The van der Waals surface area contributed by atoms with Gasteiger partial charge in [-0.2, -0.15) is 0 Å². The lowest BCUT2D eigenvalue weighted by atomic mass is 10.0. The molecule has 0 atom stereocenters. The Morgan fingerprint density at radius 2 is 1.93 bits per heavy atom. The summed E-state index contributed by atoms with van der Waals surface area (Å²) in [5, 5.41) is 1.22. The van der Waals surface area contributed by atoms with Gasteiger partial charge in [0.1, 0.15) is 11.3 Å². The highest BCUT2D eigenvalue weighted by molar-refractivity contribution is 7.23. The number of methoxy groups -OCH3 is 1. The standard InChI is InChI=1S/C21H24ClN3O2S/c1-13-6-7-14(2)15(12-13)20(26)25(11-10-24(3)4)21-23-18-17(27-5)9-8-16(22)19(18)28-21/h6-9,12H,10-11H2,1-5H3. The molecule has 28 heavy (non-hydrogen) atoms. The lowest BCUT2D eigenvalue weighted by Crippen LogP contribution is -2.37. The summed E-state index contributed by atoms with van der Waals surface area (Å²) in [7, 11) is 5.57. The highest BCUT2D eigenvalue weighted by Gasteiger charge is 2.24. The van der Waals surface area contributed by atoms with E-state index in [9.17, 15) is 4.79 Å². The van der Waals surface area contributed by atoms with E-state index in [2.05, 4.69) is 0 Å². The number of aryl methyl sites for hydroxylation is 2. The molecule has 1 amide bonds. The number of carbonyl (C=O) groups is 1. The Labute approximate surface area is 174 Å². The van der Waals surface area contributed by atoms with Gasteiger partial charge >= 0.3 is 0 Å². The fourth-order valence-corrected chi connectivity index (χ4v) is 4.20. The van der Waals surface area contributed by atoms with Crippen LogP contribution in [0.5, 0.6) is 5.75 Å². The smallest absolute Gasteiger partial charge is 0.260 e. The predicted octanol–water partition coefficient (Wildman–Crippen LogP) is 4.78. The molecule has 3 rings (SSSR count). The number of fused-ring (bicyclic) bond motifs is 1. The summed E-state index contributed by atoms with van der Waals surface area (Å²) in [4.78, 5) is 22.0. The molecule has 3 aromatic rings. The van der Waals surface area contributed by atoms with Crippen molar-refractivity contribution in [2.45, 2.75) is 13.8 Å². The number of amides is 1. The molecule has 1 aromatic heterocycles. The summed E-state index contributed by atoms with van der Waals surface area (Å²) in [6, 6.07) is 9.51. The van der Waals surface area contributed by atoms with Crippen molar-refractivity contribution < 1.29 is 9.53 Å². The van der Waals surface area contributed by atoms with E-state index in [1.54, 1.807) is 24.1 Å². The molecule has 148 valence electrons. The van der Waals surface area contributed by atoms with Crippen molar-refractivity contribution in [3.8, 4) is 5.75 Å². The number of halogens is 1. The number of carbonyl (C=O) groups excluding carboxylic acids is 1. The van der Waals surface area contributed by atoms with Crippen molar-refractivity contribution >= 4 is 44.2 Å². The molecule has 7 heteroatoms. The lowest BCUT2D eigenvalue weighted by Gasteiger charge is -2.23. The zero-order chi connectivity index (χ0) is 20.4. The SMILES string of the molecule is COc1ccc(Cl)c2sc(N(CCN(C)C)C(=O)c3cc(C)ccc3C)nc12. The Kier molecular flexibility index (Phi) is 6.23. The molecule has 0 saturated carbocycles. The number of rotatable bonds is 6. The number of ether oxygens (including phenoxy) is 1. The van der Waals surface area contributed by atoms with Crippen molar-refractivity contribution in [1.29, 1.82) is 0 Å². The zero-order valence-corrected chi connectivity index (χ0v) is 18.3. The molecular weight excluding hydrogens is 394 g/mol. The minimum atomic E-state index is -0.0582. The van der Waals surface area contributed by atoms with E-state index in [1.165, 1.54) is 11.3 Å². The maximum atomic E-state index is 13.5. The van der Waals surface area contributed by atoms with Crippen LogP contribution in [0.1, 0.15) is 21.5 Å². The Morgan fingerprint density at radius 3 is 2.61 bits per heavy atom. The van der Waals surface area contributed by atoms with Gasteiger partial charge in [0.25, 0.3) is 5.91 Å². The number of thiazole rings is 1. The molecule has 0 aliphatic carbocycles. The minimum Gasteiger partial charge on any atom is -0.494 e. The summed E-state index contributed by atoms with van der Waals surface area (Å²) < 4.78 is 6.25. The van der Waals surface area contributed by atoms with Gasteiger partial charge in [0.2, 0.25) is 0 Å². The van der Waals surface area contributed by atoms with Crippen LogP contribution in [0.3, 0.4) is 0 Å². The predicted molar refractivity (Wildman–Crippen MR) is 117 cm³/mol. The first-order valence-corrected chi connectivity index (χ1v) is 10.2. The summed E-state index contributed by atoms with van der Waals surface area (Å²) in [5.74, 6) is 0.589. The van der Waals surface area contributed by atoms with Crippen LogP contribution in [0, 0.1) is 13.8 Å². The maximum absolute atomic E-state index is 13.5. The summed E-state index contributed by atoms with van der Waals surface area (Å²) in [6.07, 6.45) is 0. The maximum Gasteiger partial charge on any atom is 0.260 e. The molecule has 0 unspecified atom stereocenters. The average molecular weight is 418 g/mol. The normalized spacial score (nSPS) is 11.2. The molecule has 0 spiro atoms. The highest BCUT2D eigenvalue weighted by Crippen LogP contribution is 2.39. The van der Waals surface area contributed by atoms with Gasteiger partial charge in [-0.05, 0) is 51.7 Å². The Hall–Kier alpha value is -2.15. The van der Waals surface area contributed by atoms with Crippen molar-refractivity contribution in [2.24, 2.45) is 0 Å². The Bertz CT molecular complexity index is 1020. The van der Waals surface area contributed by atoms with E-state index >= 15 is 0 Å². The van der Waals surface area contributed by atoms with Crippen molar-refractivity contribution in [3.63, 3.8) is 0 Å². The molecule has 0 bridgehead atoms. The van der Waals surface area contributed by atoms with Crippen molar-refractivity contribution in [3.05, 3.63) is 52.0 Å². The fourth-order valence-electron chi connectivity index (χ4n) is 2.92. The fraction of sp³-hybridized carbons (Fsp3) is 0.333. The number of benzene rings is 2. The molecule has 0 radical (unpaired) electrons. The topological polar surface area (TPSA) is 45.7 Å². The second-order valence-corrected chi connectivity index (χ2v) is 8.39. The van der Waals surface area contributed by atoms with Gasteiger partial charge in [-0.15, -0.1) is 0 Å². The molecule has 0 saturated heterocycles. The number of likely N-dealkylation sites (N-methyl/N-ethyl adjacent to an activating group) is 1. The van der Waals surface area contributed by atoms with Crippen molar-refractivity contribution in [1.82, 2.24) is 9.88 Å². The van der Waals surface area contributed by atoms with Crippen LogP contribution in [-0.2, 0) is 0 Å². The average Bonchev–Trinajstić information content (AvgIpc) is 3.10.